The van der Waals surface area contributed by atoms with Gasteiger partial charge in [0.15, 0.2) is 0 Å². The van der Waals surface area contributed by atoms with Crippen molar-refractivity contribution in [1.82, 2.24) is 9.88 Å². The number of amides is 2. The number of rotatable bonds is 5. The van der Waals surface area contributed by atoms with Gasteiger partial charge in [-0.15, -0.1) is 0 Å². The predicted molar refractivity (Wildman–Crippen MR) is 105 cm³/mol. The second-order valence-corrected chi connectivity index (χ2v) is 6.81. The van der Waals surface area contributed by atoms with Crippen LogP contribution in [0.25, 0.3) is 10.9 Å². The molecule has 0 aliphatic carbocycles. The summed E-state index contributed by atoms with van der Waals surface area (Å²) in [4.78, 5) is 42.0. The average Bonchev–Trinajstić information content (AvgIpc) is 3.16. The van der Waals surface area contributed by atoms with Crippen LogP contribution >= 0.6 is 0 Å². The van der Waals surface area contributed by atoms with Gasteiger partial charge in [0.1, 0.15) is 5.69 Å². The zero-order chi connectivity index (χ0) is 19.8. The Morgan fingerprint density at radius 2 is 1.75 bits per heavy atom. The minimum absolute atomic E-state index is 0.194. The van der Waals surface area contributed by atoms with E-state index in [1.807, 2.05) is 25.1 Å². The molecule has 0 saturated heterocycles. The number of imide groups is 1. The fourth-order valence-corrected chi connectivity index (χ4v) is 3.66. The second-order valence-electron chi connectivity index (χ2n) is 6.81. The first-order chi connectivity index (χ1) is 13.5. The van der Waals surface area contributed by atoms with Gasteiger partial charge >= 0.3 is 5.97 Å². The van der Waals surface area contributed by atoms with Crippen LogP contribution in [0.3, 0.4) is 0 Å². The van der Waals surface area contributed by atoms with Crippen molar-refractivity contribution in [2.75, 3.05) is 13.2 Å². The molecule has 0 radical (unpaired) electrons. The standard InChI is InChI=1S/C22H20N2O4/c1-3-28-22(27)19-14(17-12-13(2)8-9-18(17)23-19)10-11-24-20(25)15-6-4-5-7-16(15)21(24)26/h4-9,12,23H,3,10-11H2,1-2H3. The Morgan fingerprint density at radius 1 is 1.07 bits per heavy atom. The lowest BCUT2D eigenvalue weighted by molar-refractivity contribution is 0.0519. The molecule has 0 saturated carbocycles. The maximum atomic E-state index is 12.6. The third-order valence-electron chi connectivity index (χ3n) is 5.00. The molecule has 1 aliphatic rings. The number of benzene rings is 2. The molecule has 4 rings (SSSR count). The lowest BCUT2D eigenvalue weighted by Crippen LogP contribution is -2.32. The van der Waals surface area contributed by atoms with Crippen molar-refractivity contribution in [1.29, 1.82) is 0 Å². The van der Waals surface area contributed by atoms with E-state index in [4.69, 9.17) is 4.74 Å². The van der Waals surface area contributed by atoms with Crippen molar-refractivity contribution in [3.05, 3.63) is 70.4 Å². The third kappa shape index (κ3) is 2.87. The van der Waals surface area contributed by atoms with Gasteiger partial charge in [-0.25, -0.2) is 4.79 Å². The molecule has 0 spiro atoms. The molecule has 0 atom stereocenters. The minimum Gasteiger partial charge on any atom is -0.461 e. The summed E-state index contributed by atoms with van der Waals surface area (Å²) in [5.41, 5.74) is 3.86. The van der Waals surface area contributed by atoms with E-state index in [-0.39, 0.29) is 25.0 Å². The molecule has 2 amide bonds. The Hall–Kier alpha value is -3.41. The Morgan fingerprint density at radius 3 is 2.39 bits per heavy atom. The van der Waals surface area contributed by atoms with Gasteiger partial charge in [-0.2, -0.15) is 0 Å². The Bertz CT molecular complexity index is 1080. The number of ether oxygens (including phenoxy) is 1. The molecule has 2 heterocycles. The molecule has 6 nitrogen and oxygen atoms in total. The number of esters is 1. The zero-order valence-electron chi connectivity index (χ0n) is 15.7. The maximum Gasteiger partial charge on any atom is 0.355 e. The van der Waals surface area contributed by atoms with Crippen molar-refractivity contribution in [3.8, 4) is 0 Å². The summed E-state index contributed by atoms with van der Waals surface area (Å²) in [6.07, 6.45) is 0.364. The average molecular weight is 376 g/mol. The highest BCUT2D eigenvalue weighted by Gasteiger charge is 2.35. The maximum absolute atomic E-state index is 12.6. The first-order valence-corrected chi connectivity index (χ1v) is 9.24. The van der Waals surface area contributed by atoms with Crippen LogP contribution in [0, 0.1) is 6.92 Å². The molecular weight excluding hydrogens is 356 g/mol. The molecule has 0 bridgehead atoms. The fourth-order valence-electron chi connectivity index (χ4n) is 3.66. The molecule has 0 fully saturated rings. The van der Waals surface area contributed by atoms with Crippen LogP contribution in [0.15, 0.2) is 42.5 Å². The van der Waals surface area contributed by atoms with E-state index in [9.17, 15) is 14.4 Å². The first kappa shape index (κ1) is 18.0. The fraction of sp³-hybridized carbons (Fsp3) is 0.227. The molecule has 6 heteroatoms. The van der Waals surface area contributed by atoms with Crippen LogP contribution in [-0.2, 0) is 11.2 Å². The summed E-state index contributed by atoms with van der Waals surface area (Å²) in [6.45, 7) is 4.19. The van der Waals surface area contributed by atoms with Crippen molar-refractivity contribution >= 4 is 28.7 Å². The van der Waals surface area contributed by atoms with Crippen LogP contribution in [0.1, 0.15) is 49.3 Å². The van der Waals surface area contributed by atoms with Gasteiger partial charge in [0.2, 0.25) is 0 Å². The number of aromatic amines is 1. The molecule has 3 aromatic rings. The van der Waals surface area contributed by atoms with E-state index < -0.39 is 5.97 Å². The van der Waals surface area contributed by atoms with Crippen molar-refractivity contribution < 1.29 is 19.1 Å². The predicted octanol–water partition coefficient (Wildman–Crippen LogP) is 3.49. The van der Waals surface area contributed by atoms with E-state index in [0.29, 0.717) is 23.2 Å². The number of nitrogens with one attached hydrogen (secondary N) is 1. The Labute approximate surface area is 162 Å². The summed E-state index contributed by atoms with van der Waals surface area (Å²) in [7, 11) is 0. The van der Waals surface area contributed by atoms with Crippen molar-refractivity contribution in [2.45, 2.75) is 20.3 Å². The number of aromatic nitrogens is 1. The van der Waals surface area contributed by atoms with Gasteiger partial charge in [0.25, 0.3) is 11.8 Å². The van der Waals surface area contributed by atoms with Gasteiger partial charge in [-0.05, 0) is 50.1 Å². The molecule has 1 aromatic heterocycles. The SMILES string of the molecule is CCOC(=O)c1[nH]c2ccc(C)cc2c1CCN1C(=O)c2ccccc2C1=O. The number of fused-ring (bicyclic) bond motifs is 2. The number of hydrogen-bond acceptors (Lipinski definition) is 4. The number of aryl methyl sites for hydroxylation is 1. The summed E-state index contributed by atoms with van der Waals surface area (Å²) in [5, 5.41) is 0.902. The van der Waals surface area contributed by atoms with Crippen LogP contribution in [0.2, 0.25) is 0 Å². The van der Waals surface area contributed by atoms with Crippen molar-refractivity contribution in [3.63, 3.8) is 0 Å². The molecule has 1 N–H and O–H groups in total. The highest BCUT2D eigenvalue weighted by molar-refractivity contribution is 6.21. The lowest BCUT2D eigenvalue weighted by Gasteiger charge is -2.14. The monoisotopic (exact) mass is 376 g/mol. The summed E-state index contributed by atoms with van der Waals surface area (Å²) >= 11 is 0. The van der Waals surface area contributed by atoms with E-state index in [1.54, 1.807) is 31.2 Å². The molecule has 0 unspecified atom stereocenters. The van der Waals surface area contributed by atoms with E-state index in [1.165, 1.54) is 4.90 Å². The zero-order valence-corrected chi connectivity index (χ0v) is 15.7. The highest BCUT2D eigenvalue weighted by atomic mass is 16.5. The first-order valence-electron chi connectivity index (χ1n) is 9.24. The largest absolute Gasteiger partial charge is 0.461 e. The minimum atomic E-state index is -0.436. The molecule has 1 aliphatic heterocycles. The highest BCUT2D eigenvalue weighted by Crippen LogP contribution is 2.27. The Balaban J connectivity index is 1.67. The topological polar surface area (TPSA) is 79.5 Å². The third-order valence-corrected chi connectivity index (χ3v) is 5.00. The van der Waals surface area contributed by atoms with Gasteiger partial charge in [-0.1, -0.05) is 23.8 Å². The molecule has 2 aromatic carbocycles. The Kier molecular flexibility index (Phi) is 4.47. The second kappa shape index (κ2) is 6.96. The molecule has 28 heavy (non-hydrogen) atoms. The van der Waals surface area contributed by atoms with Crippen LogP contribution < -0.4 is 0 Å². The van der Waals surface area contributed by atoms with Crippen molar-refractivity contribution in [2.24, 2.45) is 0 Å². The number of carbonyl (C=O) groups is 3. The van der Waals surface area contributed by atoms with E-state index >= 15 is 0 Å². The van der Waals surface area contributed by atoms with Crippen LogP contribution in [-0.4, -0.2) is 40.8 Å². The quantitative estimate of drug-likeness (QED) is 0.546. The van der Waals surface area contributed by atoms with Gasteiger partial charge in [0.05, 0.1) is 17.7 Å². The number of carbonyl (C=O) groups excluding carboxylic acids is 3. The molecule has 142 valence electrons. The van der Waals surface area contributed by atoms with Gasteiger partial charge in [-0.3, -0.25) is 14.5 Å². The van der Waals surface area contributed by atoms with Crippen LogP contribution in [0.4, 0.5) is 0 Å². The lowest BCUT2D eigenvalue weighted by atomic mass is 10.0. The summed E-state index contributed by atoms with van der Waals surface area (Å²) in [6, 6.07) is 12.7. The van der Waals surface area contributed by atoms with Gasteiger partial charge < -0.3 is 9.72 Å². The molecular formula is C22H20N2O4. The summed E-state index contributed by atoms with van der Waals surface area (Å²) in [5.74, 6) is -1.03. The number of nitrogens with zero attached hydrogens (tertiary/aromatic N) is 1. The number of hydrogen-bond donors (Lipinski definition) is 1. The number of H-pyrrole nitrogens is 1. The van der Waals surface area contributed by atoms with Gasteiger partial charge in [0, 0.05) is 17.4 Å². The van der Waals surface area contributed by atoms with Crippen LogP contribution in [0.5, 0.6) is 0 Å². The smallest absolute Gasteiger partial charge is 0.355 e. The van der Waals surface area contributed by atoms with E-state index in [0.717, 1.165) is 22.0 Å². The summed E-state index contributed by atoms with van der Waals surface area (Å²) < 4.78 is 5.18. The van der Waals surface area contributed by atoms with E-state index in [2.05, 4.69) is 4.98 Å². The normalized spacial score (nSPS) is 13.3.